The van der Waals surface area contributed by atoms with Gasteiger partial charge in [-0.1, -0.05) is 0 Å². The van der Waals surface area contributed by atoms with Crippen molar-refractivity contribution in [3.8, 4) is 0 Å². The molecule has 2 fully saturated rings. The SMILES string of the molecule is CN1C2CCC1CC(S)C2. The largest absolute Gasteiger partial charge is 0.300 e. The van der Waals surface area contributed by atoms with Crippen molar-refractivity contribution < 1.29 is 0 Å². The third-order valence-corrected chi connectivity index (χ3v) is 3.49. The lowest BCUT2D eigenvalue weighted by Crippen LogP contribution is -2.40. The quantitative estimate of drug-likeness (QED) is 0.522. The second-order valence-corrected chi connectivity index (χ2v) is 4.41. The molecule has 2 unspecified atom stereocenters. The molecule has 2 heteroatoms. The van der Waals surface area contributed by atoms with E-state index in [2.05, 4.69) is 24.6 Å². The molecule has 0 aliphatic carbocycles. The lowest BCUT2D eigenvalue weighted by atomic mass is 10.0. The van der Waals surface area contributed by atoms with E-state index in [9.17, 15) is 0 Å². The summed E-state index contributed by atoms with van der Waals surface area (Å²) in [5.41, 5.74) is 0. The van der Waals surface area contributed by atoms with Gasteiger partial charge >= 0.3 is 0 Å². The molecule has 0 saturated carbocycles. The molecule has 0 spiro atoms. The Bertz CT molecular complexity index is 123. The van der Waals surface area contributed by atoms with Crippen LogP contribution in [0.2, 0.25) is 0 Å². The fourth-order valence-electron chi connectivity index (χ4n) is 2.38. The zero-order valence-electron chi connectivity index (χ0n) is 6.45. The standard InChI is InChI=1S/C8H15NS/c1-9-6-2-3-7(9)5-8(10)4-6/h6-8,10H,2-5H2,1H3. The number of piperidine rings is 1. The molecule has 2 aliphatic heterocycles. The predicted molar refractivity (Wildman–Crippen MR) is 46.6 cm³/mol. The maximum absolute atomic E-state index is 4.53. The third kappa shape index (κ3) is 0.978. The van der Waals surface area contributed by atoms with Gasteiger partial charge in [0.05, 0.1) is 0 Å². The van der Waals surface area contributed by atoms with Gasteiger partial charge in [0.15, 0.2) is 0 Å². The van der Waals surface area contributed by atoms with Crippen LogP contribution in [0.4, 0.5) is 0 Å². The average molecular weight is 157 g/mol. The summed E-state index contributed by atoms with van der Waals surface area (Å²) in [6.07, 6.45) is 5.46. The van der Waals surface area contributed by atoms with Crippen LogP contribution in [-0.2, 0) is 0 Å². The van der Waals surface area contributed by atoms with E-state index in [1.165, 1.54) is 25.7 Å². The highest BCUT2D eigenvalue weighted by atomic mass is 32.1. The van der Waals surface area contributed by atoms with E-state index in [0.717, 1.165) is 12.1 Å². The average Bonchev–Trinajstić information content (AvgIpc) is 2.20. The van der Waals surface area contributed by atoms with Crippen molar-refractivity contribution in [1.29, 1.82) is 0 Å². The Morgan fingerprint density at radius 1 is 1.20 bits per heavy atom. The maximum Gasteiger partial charge on any atom is 0.0106 e. The minimum atomic E-state index is 0.689. The molecule has 2 aliphatic rings. The molecule has 10 heavy (non-hydrogen) atoms. The Morgan fingerprint density at radius 2 is 1.70 bits per heavy atom. The van der Waals surface area contributed by atoms with Gasteiger partial charge in [-0.05, 0) is 32.7 Å². The van der Waals surface area contributed by atoms with Crippen LogP contribution in [0.25, 0.3) is 0 Å². The Balaban J connectivity index is 2.09. The van der Waals surface area contributed by atoms with Crippen molar-refractivity contribution in [3.05, 3.63) is 0 Å². The van der Waals surface area contributed by atoms with Gasteiger partial charge in [-0.3, -0.25) is 0 Å². The minimum absolute atomic E-state index is 0.689. The van der Waals surface area contributed by atoms with Crippen molar-refractivity contribution in [2.45, 2.75) is 43.0 Å². The number of hydrogen-bond acceptors (Lipinski definition) is 2. The van der Waals surface area contributed by atoms with E-state index in [-0.39, 0.29) is 0 Å². The highest BCUT2D eigenvalue weighted by Gasteiger charge is 2.36. The van der Waals surface area contributed by atoms with E-state index in [1.54, 1.807) is 0 Å². The van der Waals surface area contributed by atoms with Crippen molar-refractivity contribution in [3.63, 3.8) is 0 Å². The van der Waals surface area contributed by atoms with E-state index in [1.807, 2.05) is 0 Å². The predicted octanol–water partition coefficient (Wildman–Crippen LogP) is 1.54. The normalized spacial score (nSPS) is 48.0. The molecular weight excluding hydrogens is 142 g/mol. The first-order chi connectivity index (χ1) is 4.77. The highest BCUT2D eigenvalue weighted by molar-refractivity contribution is 7.80. The van der Waals surface area contributed by atoms with Crippen molar-refractivity contribution in [2.75, 3.05) is 7.05 Å². The lowest BCUT2D eigenvalue weighted by Gasteiger charge is -2.34. The molecule has 1 nitrogen and oxygen atoms in total. The molecule has 2 atom stereocenters. The molecule has 58 valence electrons. The number of fused-ring (bicyclic) bond motifs is 2. The maximum atomic E-state index is 4.53. The highest BCUT2D eigenvalue weighted by Crippen LogP contribution is 2.35. The second-order valence-electron chi connectivity index (χ2n) is 3.68. The zero-order valence-corrected chi connectivity index (χ0v) is 7.35. The van der Waals surface area contributed by atoms with E-state index in [0.29, 0.717) is 5.25 Å². The van der Waals surface area contributed by atoms with E-state index >= 15 is 0 Å². The molecule has 0 aromatic carbocycles. The van der Waals surface area contributed by atoms with Gasteiger partial charge in [-0.15, -0.1) is 0 Å². The number of hydrogen-bond donors (Lipinski definition) is 1. The fourth-order valence-corrected chi connectivity index (χ4v) is 2.87. The molecule has 0 N–H and O–H groups in total. The van der Waals surface area contributed by atoms with Gasteiger partial charge in [-0.25, -0.2) is 0 Å². The summed E-state index contributed by atoms with van der Waals surface area (Å²) < 4.78 is 0. The first-order valence-corrected chi connectivity index (χ1v) is 4.69. The van der Waals surface area contributed by atoms with Crippen LogP contribution in [0, 0.1) is 0 Å². The van der Waals surface area contributed by atoms with E-state index < -0.39 is 0 Å². The first-order valence-electron chi connectivity index (χ1n) is 4.17. The summed E-state index contributed by atoms with van der Waals surface area (Å²) in [6, 6.07) is 1.72. The molecular formula is C8H15NS. The summed E-state index contributed by atoms with van der Waals surface area (Å²) in [6.45, 7) is 0. The van der Waals surface area contributed by atoms with Crippen LogP contribution in [0.1, 0.15) is 25.7 Å². The Kier molecular flexibility index (Phi) is 1.69. The zero-order chi connectivity index (χ0) is 7.14. The number of thiol groups is 1. The van der Waals surface area contributed by atoms with Crippen LogP contribution in [0.3, 0.4) is 0 Å². The van der Waals surface area contributed by atoms with Crippen LogP contribution in [0.15, 0.2) is 0 Å². The van der Waals surface area contributed by atoms with E-state index in [4.69, 9.17) is 0 Å². The summed E-state index contributed by atoms with van der Waals surface area (Å²) in [4.78, 5) is 2.55. The fraction of sp³-hybridized carbons (Fsp3) is 1.00. The van der Waals surface area contributed by atoms with Gasteiger partial charge < -0.3 is 4.90 Å². The number of nitrogens with zero attached hydrogens (tertiary/aromatic N) is 1. The molecule has 0 radical (unpaired) electrons. The number of rotatable bonds is 0. The summed E-state index contributed by atoms with van der Waals surface area (Å²) in [5.74, 6) is 0. The summed E-state index contributed by atoms with van der Waals surface area (Å²) in [7, 11) is 2.27. The van der Waals surface area contributed by atoms with Crippen LogP contribution in [0.5, 0.6) is 0 Å². The monoisotopic (exact) mass is 157 g/mol. The topological polar surface area (TPSA) is 3.24 Å². The molecule has 2 bridgehead atoms. The second kappa shape index (κ2) is 2.42. The first kappa shape index (κ1) is 6.99. The summed E-state index contributed by atoms with van der Waals surface area (Å²) in [5, 5.41) is 0.689. The smallest absolute Gasteiger partial charge is 0.0106 e. The molecule has 0 aromatic heterocycles. The van der Waals surface area contributed by atoms with Gasteiger partial charge in [-0.2, -0.15) is 12.6 Å². The molecule has 2 rings (SSSR count). The van der Waals surface area contributed by atoms with Crippen LogP contribution in [-0.4, -0.2) is 29.3 Å². The molecule has 2 saturated heterocycles. The van der Waals surface area contributed by atoms with Crippen molar-refractivity contribution in [1.82, 2.24) is 4.90 Å². The molecule has 2 heterocycles. The Hall–Kier alpha value is 0.310. The summed E-state index contributed by atoms with van der Waals surface area (Å²) >= 11 is 4.53. The van der Waals surface area contributed by atoms with Crippen molar-refractivity contribution in [2.24, 2.45) is 0 Å². The van der Waals surface area contributed by atoms with Crippen LogP contribution >= 0.6 is 12.6 Å². The Morgan fingerprint density at radius 3 is 2.20 bits per heavy atom. The van der Waals surface area contributed by atoms with Gasteiger partial charge in [0.1, 0.15) is 0 Å². The lowest BCUT2D eigenvalue weighted by molar-refractivity contribution is 0.183. The van der Waals surface area contributed by atoms with Gasteiger partial charge in [0.2, 0.25) is 0 Å². The van der Waals surface area contributed by atoms with Gasteiger partial charge in [0, 0.05) is 17.3 Å². The van der Waals surface area contributed by atoms with Crippen molar-refractivity contribution >= 4 is 12.6 Å². The third-order valence-electron chi connectivity index (χ3n) is 3.07. The van der Waals surface area contributed by atoms with Crippen LogP contribution < -0.4 is 0 Å². The minimum Gasteiger partial charge on any atom is -0.300 e. The van der Waals surface area contributed by atoms with Gasteiger partial charge in [0.25, 0.3) is 0 Å². The Labute approximate surface area is 68.2 Å². The molecule has 0 aromatic rings. The molecule has 0 amide bonds.